The lowest BCUT2D eigenvalue weighted by atomic mass is 10.2. The molecule has 1 saturated carbocycles. The van der Waals surface area contributed by atoms with Gasteiger partial charge in [0.15, 0.2) is 5.78 Å². The molecule has 0 unspecified atom stereocenters. The van der Waals surface area contributed by atoms with Crippen LogP contribution in [-0.2, 0) is 6.54 Å². The fourth-order valence-electron chi connectivity index (χ4n) is 2.53. The molecule has 2 heterocycles. The van der Waals surface area contributed by atoms with Gasteiger partial charge < -0.3 is 4.57 Å². The number of tetrazole rings is 1. The van der Waals surface area contributed by atoms with E-state index in [1.807, 2.05) is 30.7 Å². The molecule has 0 N–H and O–H groups in total. The molecule has 0 radical (unpaired) electrons. The molecule has 0 saturated heterocycles. The van der Waals surface area contributed by atoms with Gasteiger partial charge in [0, 0.05) is 23.5 Å². The van der Waals surface area contributed by atoms with Gasteiger partial charge in [-0.2, -0.15) is 0 Å². The maximum absolute atomic E-state index is 12.5. The van der Waals surface area contributed by atoms with Gasteiger partial charge >= 0.3 is 0 Å². The number of Topliss-reactive ketones (excluding diaryl/α,β-unsaturated/α-hetero) is 1. The number of ketones is 1. The molecule has 116 valence electrons. The van der Waals surface area contributed by atoms with Gasteiger partial charge in [0.05, 0.1) is 11.8 Å². The van der Waals surface area contributed by atoms with Gasteiger partial charge in [-0.05, 0) is 43.2 Å². The fraction of sp³-hybridized carbons (Fsp3) is 0.467. The standard InChI is InChI=1S/C15H19N5OS/c1-4-7-19-10(2)8-13(11(19)3)14(21)9-22-15-16-17-18-20(15)12-5-6-12/h4,8,12H,1,5-7,9H2,2-3H3. The lowest BCUT2D eigenvalue weighted by Gasteiger charge is -2.06. The highest BCUT2D eigenvalue weighted by Gasteiger charge is 2.28. The van der Waals surface area contributed by atoms with E-state index in [1.165, 1.54) is 11.8 Å². The Morgan fingerprint density at radius 2 is 2.27 bits per heavy atom. The molecule has 0 amide bonds. The van der Waals surface area contributed by atoms with Crippen molar-refractivity contribution in [3.8, 4) is 0 Å². The van der Waals surface area contributed by atoms with Crippen molar-refractivity contribution >= 4 is 17.5 Å². The molecule has 22 heavy (non-hydrogen) atoms. The Kier molecular flexibility index (Phi) is 4.15. The summed E-state index contributed by atoms with van der Waals surface area (Å²) in [5.41, 5.74) is 2.84. The van der Waals surface area contributed by atoms with Crippen molar-refractivity contribution in [1.82, 2.24) is 24.8 Å². The second-order valence-electron chi connectivity index (χ2n) is 5.53. The van der Waals surface area contributed by atoms with Gasteiger partial charge in [0.25, 0.3) is 0 Å². The van der Waals surface area contributed by atoms with E-state index < -0.39 is 0 Å². The first-order valence-electron chi connectivity index (χ1n) is 7.33. The molecule has 0 aromatic carbocycles. The predicted octanol–water partition coefficient (Wildman–Crippen LogP) is 2.59. The second kappa shape index (κ2) is 6.08. The number of aromatic nitrogens is 5. The van der Waals surface area contributed by atoms with Gasteiger partial charge in [-0.3, -0.25) is 4.79 Å². The van der Waals surface area contributed by atoms with Crippen LogP contribution in [0.1, 0.15) is 40.6 Å². The summed E-state index contributed by atoms with van der Waals surface area (Å²) in [6.45, 7) is 8.46. The van der Waals surface area contributed by atoms with E-state index in [0.29, 0.717) is 11.8 Å². The van der Waals surface area contributed by atoms with Crippen molar-refractivity contribution < 1.29 is 4.79 Å². The summed E-state index contributed by atoms with van der Waals surface area (Å²) in [7, 11) is 0. The first-order valence-corrected chi connectivity index (χ1v) is 8.32. The van der Waals surface area contributed by atoms with E-state index in [2.05, 4.69) is 26.7 Å². The van der Waals surface area contributed by atoms with E-state index >= 15 is 0 Å². The van der Waals surface area contributed by atoms with Gasteiger partial charge in [-0.25, -0.2) is 4.68 Å². The first-order chi connectivity index (χ1) is 10.6. The Bertz CT molecular complexity index is 714. The Morgan fingerprint density at radius 1 is 1.50 bits per heavy atom. The van der Waals surface area contributed by atoms with Crippen molar-refractivity contribution in [1.29, 1.82) is 0 Å². The molecule has 6 nitrogen and oxygen atoms in total. The minimum absolute atomic E-state index is 0.110. The average molecular weight is 317 g/mol. The molecule has 1 aliphatic rings. The summed E-state index contributed by atoms with van der Waals surface area (Å²) in [6.07, 6.45) is 4.08. The number of hydrogen-bond donors (Lipinski definition) is 0. The van der Waals surface area contributed by atoms with Gasteiger partial charge in [-0.1, -0.05) is 17.8 Å². The normalized spacial score (nSPS) is 14.3. The Balaban J connectivity index is 1.70. The highest BCUT2D eigenvalue weighted by Crippen LogP contribution is 2.36. The summed E-state index contributed by atoms with van der Waals surface area (Å²) in [5.74, 6) is 0.463. The lowest BCUT2D eigenvalue weighted by molar-refractivity contribution is 0.102. The smallest absolute Gasteiger partial charge is 0.210 e. The zero-order chi connectivity index (χ0) is 15.7. The number of thioether (sulfide) groups is 1. The molecular weight excluding hydrogens is 298 g/mol. The minimum atomic E-state index is 0.110. The molecule has 2 aromatic heterocycles. The molecule has 2 aromatic rings. The van der Waals surface area contributed by atoms with Crippen LogP contribution in [0.4, 0.5) is 0 Å². The maximum Gasteiger partial charge on any atom is 0.210 e. The van der Waals surface area contributed by atoms with Crippen LogP contribution < -0.4 is 0 Å². The van der Waals surface area contributed by atoms with Crippen LogP contribution in [0.3, 0.4) is 0 Å². The summed E-state index contributed by atoms with van der Waals surface area (Å²) in [5, 5.41) is 12.5. The summed E-state index contributed by atoms with van der Waals surface area (Å²) >= 11 is 1.41. The van der Waals surface area contributed by atoms with Crippen LogP contribution in [0.2, 0.25) is 0 Å². The first kappa shape index (κ1) is 15.0. The maximum atomic E-state index is 12.5. The SMILES string of the molecule is C=CCn1c(C)cc(C(=O)CSc2nnnn2C2CC2)c1C. The third-order valence-corrected chi connectivity index (χ3v) is 4.81. The quantitative estimate of drug-likeness (QED) is 0.446. The van der Waals surface area contributed by atoms with Crippen LogP contribution in [0.5, 0.6) is 0 Å². The molecule has 0 spiro atoms. The lowest BCUT2D eigenvalue weighted by Crippen LogP contribution is -2.07. The third-order valence-electron chi connectivity index (χ3n) is 3.87. The Hall–Kier alpha value is -1.89. The van der Waals surface area contributed by atoms with Crippen LogP contribution in [0.15, 0.2) is 23.9 Å². The summed E-state index contributed by atoms with van der Waals surface area (Å²) < 4.78 is 3.93. The monoisotopic (exact) mass is 317 g/mol. The number of carbonyl (C=O) groups is 1. The van der Waals surface area contributed by atoms with Crippen LogP contribution in [0.25, 0.3) is 0 Å². The second-order valence-corrected chi connectivity index (χ2v) is 6.48. The third kappa shape index (κ3) is 2.85. The van der Waals surface area contributed by atoms with Crippen molar-refractivity contribution in [2.24, 2.45) is 0 Å². The summed E-state index contributed by atoms with van der Waals surface area (Å²) in [6, 6.07) is 2.37. The molecule has 7 heteroatoms. The Morgan fingerprint density at radius 3 is 2.95 bits per heavy atom. The van der Waals surface area contributed by atoms with E-state index in [1.54, 1.807) is 0 Å². The van der Waals surface area contributed by atoms with Crippen molar-refractivity contribution in [3.63, 3.8) is 0 Å². The van der Waals surface area contributed by atoms with Crippen LogP contribution in [0, 0.1) is 13.8 Å². The van der Waals surface area contributed by atoms with E-state index in [-0.39, 0.29) is 5.78 Å². The van der Waals surface area contributed by atoms with E-state index in [0.717, 1.165) is 41.5 Å². The Labute approximate surface area is 133 Å². The molecular formula is C15H19N5OS. The number of allylic oxidation sites excluding steroid dienone is 1. The molecule has 3 rings (SSSR count). The predicted molar refractivity (Wildman–Crippen MR) is 85.2 cm³/mol. The van der Waals surface area contributed by atoms with Crippen molar-refractivity contribution in [2.75, 3.05) is 5.75 Å². The minimum Gasteiger partial charge on any atom is -0.345 e. The number of aryl methyl sites for hydroxylation is 1. The number of nitrogens with zero attached hydrogens (tertiary/aromatic N) is 5. The molecule has 0 bridgehead atoms. The highest BCUT2D eigenvalue weighted by atomic mass is 32.2. The number of hydrogen-bond acceptors (Lipinski definition) is 5. The van der Waals surface area contributed by atoms with Gasteiger partial charge in [-0.15, -0.1) is 11.7 Å². The topological polar surface area (TPSA) is 65.6 Å². The molecule has 0 atom stereocenters. The largest absolute Gasteiger partial charge is 0.345 e. The molecule has 1 aliphatic carbocycles. The van der Waals surface area contributed by atoms with Crippen LogP contribution in [-0.4, -0.2) is 36.3 Å². The van der Waals surface area contributed by atoms with E-state index in [4.69, 9.17) is 0 Å². The number of carbonyl (C=O) groups excluding carboxylic acids is 1. The van der Waals surface area contributed by atoms with Crippen molar-refractivity contribution in [3.05, 3.63) is 35.7 Å². The fourth-order valence-corrected chi connectivity index (χ4v) is 3.36. The zero-order valence-electron chi connectivity index (χ0n) is 12.8. The number of rotatable bonds is 7. The molecule has 0 aliphatic heterocycles. The molecule has 1 fully saturated rings. The van der Waals surface area contributed by atoms with Crippen molar-refractivity contribution in [2.45, 2.75) is 44.4 Å². The van der Waals surface area contributed by atoms with E-state index in [9.17, 15) is 4.79 Å². The average Bonchev–Trinajstić information content (AvgIpc) is 3.18. The highest BCUT2D eigenvalue weighted by molar-refractivity contribution is 7.99. The summed E-state index contributed by atoms with van der Waals surface area (Å²) in [4.78, 5) is 12.5. The van der Waals surface area contributed by atoms with Gasteiger partial charge in [0.2, 0.25) is 5.16 Å². The van der Waals surface area contributed by atoms with Crippen LogP contribution >= 0.6 is 11.8 Å². The zero-order valence-corrected chi connectivity index (χ0v) is 13.6. The van der Waals surface area contributed by atoms with Gasteiger partial charge in [0.1, 0.15) is 0 Å².